The van der Waals surface area contributed by atoms with E-state index in [1.807, 2.05) is 0 Å². The van der Waals surface area contributed by atoms with Crippen molar-refractivity contribution in [3.63, 3.8) is 0 Å². The molecule has 1 aliphatic carbocycles. The van der Waals surface area contributed by atoms with Gasteiger partial charge in [-0.2, -0.15) is 0 Å². The number of aliphatic imine (C=N–C) groups is 1. The van der Waals surface area contributed by atoms with Gasteiger partial charge >= 0.3 is 0 Å². The fraction of sp³-hybridized carbons (Fsp3) is 0.786. The number of piperazine rings is 1. The van der Waals surface area contributed by atoms with Gasteiger partial charge in [-0.15, -0.1) is 0 Å². The maximum atomic E-state index is 6.11. The fourth-order valence-electron chi connectivity index (χ4n) is 2.92. The summed E-state index contributed by atoms with van der Waals surface area (Å²) in [5.41, 5.74) is 12.8. The van der Waals surface area contributed by atoms with E-state index in [2.05, 4.69) is 22.1 Å². The van der Waals surface area contributed by atoms with Gasteiger partial charge in [0.15, 0.2) is 5.96 Å². The maximum absolute atomic E-state index is 6.11. The molecule has 5 N–H and O–H groups in total. The van der Waals surface area contributed by atoms with Crippen LogP contribution < -0.4 is 16.8 Å². The first-order valence-electron chi connectivity index (χ1n) is 7.42. The molecule has 0 bridgehead atoms. The number of nitrogens with one attached hydrogen (secondary N) is 1. The van der Waals surface area contributed by atoms with E-state index >= 15 is 0 Å². The molecule has 2 fully saturated rings. The van der Waals surface area contributed by atoms with Gasteiger partial charge in [0.05, 0.1) is 5.70 Å². The van der Waals surface area contributed by atoms with Crippen molar-refractivity contribution in [3.05, 3.63) is 11.9 Å². The molecule has 0 atom stereocenters. The highest BCUT2D eigenvalue weighted by atomic mass is 15.3. The van der Waals surface area contributed by atoms with Crippen molar-refractivity contribution in [2.75, 3.05) is 26.2 Å². The average molecular weight is 265 g/mol. The molecule has 0 radical (unpaired) electrons. The van der Waals surface area contributed by atoms with E-state index in [1.165, 1.54) is 25.7 Å². The first-order valence-corrected chi connectivity index (χ1v) is 7.42. The third-order valence-electron chi connectivity index (χ3n) is 4.29. The number of guanidine groups is 1. The zero-order valence-electron chi connectivity index (χ0n) is 11.9. The van der Waals surface area contributed by atoms with E-state index in [-0.39, 0.29) is 0 Å². The molecule has 0 spiro atoms. The summed E-state index contributed by atoms with van der Waals surface area (Å²) in [5.74, 6) is 1.95. The maximum Gasteiger partial charge on any atom is 0.196 e. The minimum Gasteiger partial charge on any atom is -0.403 e. The van der Waals surface area contributed by atoms with Crippen molar-refractivity contribution in [1.82, 2.24) is 10.2 Å². The highest BCUT2D eigenvalue weighted by Gasteiger charge is 2.22. The van der Waals surface area contributed by atoms with Crippen LogP contribution in [0.3, 0.4) is 0 Å². The standard InChI is InChI=1S/C14H27N5/c1-11-2-4-12(5-3-11)13(10-15)18-14(16)19-8-6-17-7-9-19/h10-12,17H,2-9,15H2,1H3,(H2,16,18)/b13-10-. The smallest absolute Gasteiger partial charge is 0.196 e. The average Bonchev–Trinajstić information content (AvgIpc) is 2.46. The number of nitrogens with zero attached hydrogens (tertiary/aromatic N) is 2. The lowest BCUT2D eigenvalue weighted by Gasteiger charge is -2.30. The molecule has 5 nitrogen and oxygen atoms in total. The Kier molecular flexibility index (Phi) is 5.07. The zero-order chi connectivity index (χ0) is 13.7. The third-order valence-corrected chi connectivity index (χ3v) is 4.29. The van der Waals surface area contributed by atoms with Gasteiger partial charge in [-0.1, -0.05) is 19.8 Å². The lowest BCUT2D eigenvalue weighted by molar-refractivity contribution is 0.316. The van der Waals surface area contributed by atoms with Gasteiger partial charge in [-0.25, -0.2) is 4.99 Å². The highest BCUT2D eigenvalue weighted by Crippen LogP contribution is 2.33. The molecular formula is C14H27N5. The van der Waals surface area contributed by atoms with Crippen LogP contribution in [-0.2, 0) is 0 Å². The summed E-state index contributed by atoms with van der Waals surface area (Å²) in [5, 5.41) is 3.31. The second-order valence-electron chi connectivity index (χ2n) is 5.76. The van der Waals surface area contributed by atoms with Crippen LogP contribution in [0.25, 0.3) is 0 Å². The normalized spacial score (nSPS) is 30.5. The van der Waals surface area contributed by atoms with Crippen LogP contribution >= 0.6 is 0 Å². The van der Waals surface area contributed by atoms with E-state index in [9.17, 15) is 0 Å². The molecule has 108 valence electrons. The lowest BCUT2D eigenvalue weighted by atomic mass is 9.81. The number of allylic oxidation sites excluding steroid dienone is 1. The van der Waals surface area contributed by atoms with E-state index in [4.69, 9.17) is 11.5 Å². The Morgan fingerprint density at radius 3 is 2.42 bits per heavy atom. The second kappa shape index (κ2) is 6.80. The molecule has 2 rings (SSSR count). The van der Waals surface area contributed by atoms with Crippen molar-refractivity contribution in [1.29, 1.82) is 0 Å². The Morgan fingerprint density at radius 2 is 1.84 bits per heavy atom. The van der Waals surface area contributed by atoms with Crippen LogP contribution in [0.4, 0.5) is 0 Å². The quantitative estimate of drug-likeness (QED) is 0.510. The molecule has 1 saturated carbocycles. The molecule has 19 heavy (non-hydrogen) atoms. The molecule has 5 heteroatoms. The first kappa shape index (κ1) is 14.2. The minimum absolute atomic E-state index is 0.489. The topological polar surface area (TPSA) is 79.7 Å². The predicted molar refractivity (Wildman–Crippen MR) is 79.5 cm³/mol. The van der Waals surface area contributed by atoms with Crippen LogP contribution in [0.5, 0.6) is 0 Å². The van der Waals surface area contributed by atoms with Crippen molar-refractivity contribution < 1.29 is 0 Å². The molecule has 1 saturated heterocycles. The summed E-state index contributed by atoms with van der Waals surface area (Å²) in [6.45, 7) is 6.11. The Balaban J connectivity index is 1.97. The number of rotatable bonds is 2. The van der Waals surface area contributed by atoms with E-state index in [0.717, 1.165) is 37.8 Å². The summed E-state index contributed by atoms with van der Waals surface area (Å²) in [6, 6.07) is 0. The molecule has 1 aliphatic heterocycles. The zero-order valence-corrected chi connectivity index (χ0v) is 11.9. The molecular weight excluding hydrogens is 238 g/mol. The van der Waals surface area contributed by atoms with Gasteiger partial charge in [-0.05, 0) is 18.8 Å². The minimum atomic E-state index is 0.489. The number of hydrogen-bond donors (Lipinski definition) is 3. The second-order valence-corrected chi connectivity index (χ2v) is 5.76. The van der Waals surface area contributed by atoms with Crippen LogP contribution in [0.15, 0.2) is 16.9 Å². The molecule has 1 heterocycles. The summed E-state index contributed by atoms with van der Waals surface area (Å²) in [7, 11) is 0. The van der Waals surface area contributed by atoms with Gasteiger partial charge < -0.3 is 21.7 Å². The van der Waals surface area contributed by atoms with Crippen molar-refractivity contribution in [2.45, 2.75) is 32.6 Å². The van der Waals surface area contributed by atoms with Gasteiger partial charge in [0.25, 0.3) is 0 Å². The van der Waals surface area contributed by atoms with Gasteiger partial charge in [0.1, 0.15) is 0 Å². The molecule has 0 unspecified atom stereocenters. The Labute approximate surface area is 116 Å². The number of hydrogen-bond acceptors (Lipinski definition) is 3. The lowest BCUT2D eigenvalue weighted by Crippen LogP contribution is -2.49. The van der Waals surface area contributed by atoms with E-state index in [1.54, 1.807) is 6.20 Å². The van der Waals surface area contributed by atoms with E-state index < -0.39 is 0 Å². The Hall–Kier alpha value is -1.23. The number of nitrogens with two attached hydrogens (primary N) is 2. The summed E-state index contributed by atoms with van der Waals surface area (Å²) < 4.78 is 0. The molecule has 2 aliphatic rings. The first-order chi connectivity index (χ1) is 9.20. The summed E-state index contributed by atoms with van der Waals surface area (Å²) >= 11 is 0. The molecule has 0 amide bonds. The third kappa shape index (κ3) is 3.86. The molecule has 0 aromatic rings. The van der Waals surface area contributed by atoms with Crippen LogP contribution in [0.1, 0.15) is 32.6 Å². The van der Waals surface area contributed by atoms with Crippen molar-refractivity contribution in [3.8, 4) is 0 Å². The summed E-state index contributed by atoms with van der Waals surface area (Å²) in [6.07, 6.45) is 6.55. The monoisotopic (exact) mass is 265 g/mol. The van der Waals surface area contributed by atoms with Crippen LogP contribution in [-0.4, -0.2) is 37.0 Å². The van der Waals surface area contributed by atoms with Gasteiger partial charge in [0, 0.05) is 38.3 Å². The highest BCUT2D eigenvalue weighted by molar-refractivity contribution is 5.79. The van der Waals surface area contributed by atoms with E-state index in [0.29, 0.717) is 11.9 Å². The summed E-state index contributed by atoms with van der Waals surface area (Å²) in [4.78, 5) is 6.73. The van der Waals surface area contributed by atoms with Crippen LogP contribution in [0, 0.1) is 11.8 Å². The Bertz CT molecular complexity index is 336. The Morgan fingerprint density at radius 1 is 1.21 bits per heavy atom. The predicted octanol–water partition coefficient (Wildman–Crippen LogP) is 0.833. The largest absolute Gasteiger partial charge is 0.403 e. The van der Waals surface area contributed by atoms with Crippen molar-refractivity contribution >= 4 is 5.96 Å². The van der Waals surface area contributed by atoms with Crippen molar-refractivity contribution in [2.24, 2.45) is 28.3 Å². The van der Waals surface area contributed by atoms with Gasteiger partial charge in [-0.3, -0.25) is 0 Å². The molecule has 0 aromatic heterocycles. The SMILES string of the molecule is CC1CCC(/C(=C/N)N=C(N)N2CCNCC2)CC1. The molecule has 0 aromatic carbocycles. The van der Waals surface area contributed by atoms with Crippen LogP contribution in [0.2, 0.25) is 0 Å². The fourth-order valence-corrected chi connectivity index (χ4v) is 2.92. The van der Waals surface area contributed by atoms with Gasteiger partial charge in [0.2, 0.25) is 0 Å².